The first-order valence-corrected chi connectivity index (χ1v) is 17.6. The summed E-state index contributed by atoms with van der Waals surface area (Å²) in [5, 5.41) is 7.70. The summed E-state index contributed by atoms with van der Waals surface area (Å²) in [6, 6.07) is 37.0. The van der Waals surface area contributed by atoms with Crippen LogP contribution in [0.3, 0.4) is 0 Å². The second-order valence-corrected chi connectivity index (χ2v) is 11.6. The summed E-state index contributed by atoms with van der Waals surface area (Å²) in [7, 11) is 0. The molecule has 5 aromatic carbocycles. The molecule has 0 aliphatic carbocycles. The molecule has 2 heterocycles. The van der Waals surface area contributed by atoms with E-state index in [1.807, 2.05) is 90.5 Å². The zero-order valence-corrected chi connectivity index (χ0v) is 31.6. The fraction of sp³-hybridized carbons (Fsp3) is 0.122. The molecule has 0 atom stereocenters. The molecule has 0 fully saturated rings. The van der Waals surface area contributed by atoms with Gasteiger partial charge in [0.05, 0.1) is 5.69 Å². The molecule has 0 unspecified atom stereocenters. The highest BCUT2D eigenvalue weighted by Crippen LogP contribution is 2.42. The summed E-state index contributed by atoms with van der Waals surface area (Å²) in [6.45, 7) is 25.0. The predicted octanol–water partition coefficient (Wildman–Crippen LogP) is 14.5. The maximum absolute atomic E-state index is 4.63. The Morgan fingerprint density at radius 2 is 1.15 bits per heavy atom. The largest absolute Gasteiger partial charge is 0.269 e. The fourth-order valence-electron chi connectivity index (χ4n) is 5.67. The summed E-state index contributed by atoms with van der Waals surface area (Å²) < 4.78 is 0. The van der Waals surface area contributed by atoms with Gasteiger partial charge in [-0.05, 0) is 112 Å². The number of hydrogen-bond donors (Lipinski definition) is 0. The second kappa shape index (κ2) is 21.1. The first-order valence-electron chi connectivity index (χ1n) is 17.6. The van der Waals surface area contributed by atoms with E-state index in [2.05, 4.69) is 120 Å². The normalized spacial score (nSPS) is 10.5. The molecule has 3 nitrogen and oxygen atoms in total. The standard InChI is InChI=1S/C32H20N2.C7H11N.C6H10.C2H6.C2H4/c1-2-18-34-30(3-1)27-13-9-25-10-14-28-26(12-8-24-11-15-29(27)32(25)31(24)28)23-6-4-21(5-7-23)22-16-19-33-20-17-22;1-4-7(3)6-8-5-2;1-4-5-6(2)3;2*1-2/h1-20H;4-6H,1H2,2-3H3;4-5H,1H2,2-3H3;1-2H3;1-2H2/b;7-6-,8-5?;;;. The van der Waals surface area contributed by atoms with E-state index in [0.717, 1.165) is 11.3 Å². The summed E-state index contributed by atoms with van der Waals surface area (Å²) in [5.74, 6) is 0. The molecule has 3 heteroatoms. The molecule has 7 rings (SSSR count). The molecule has 7 aromatic rings. The van der Waals surface area contributed by atoms with Gasteiger partial charge in [-0.1, -0.05) is 130 Å². The van der Waals surface area contributed by atoms with Crippen LogP contribution in [0.15, 0.2) is 189 Å². The highest BCUT2D eigenvalue weighted by atomic mass is 14.7. The Balaban J connectivity index is 0.000000342. The molecule has 0 N–H and O–H groups in total. The minimum absolute atomic E-state index is 1.01. The second-order valence-electron chi connectivity index (χ2n) is 11.6. The molecule has 0 aliphatic rings. The van der Waals surface area contributed by atoms with E-state index in [-0.39, 0.29) is 0 Å². The van der Waals surface area contributed by atoms with Crippen LogP contribution >= 0.6 is 0 Å². The number of rotatable bonds is 6. The van der Waals surface area contributed by atoms with Gasteiger partial charge >= 0.3 is 0 Å². The molecule has 0 bridgehead atoms. The number of pyridine rings is 2. The Morgan fingerprint density at radius 3 is 1.65 bits per heavy atom. The van der Waals surface area contributed by atoms with Gasteiger partial charge in [-0.3, -0.25) is 15.0 Å². The van der Waals surface area contributed by atoms with Crippen molar-refractivity contribution in [1.82, 2.24) is 9.97 Å². The van der Waals surface area contributed by atoms with Crippen LogP contribution in [-0.4, -0.2) is 16.2 Å². The van der Waals surface area contributed by atoms with Crippen molar-refractivity contribution in [1.29, 1.82) is 0 Å². The van der Waals surface area contributed by atoms with Crippen molar-refractivity contribution in [3.05, 3.63) is 184 Å². The topological polar surface area (TPSA) is 38.1 Å². The fourth-order valence-corrected chi connectivity index (χ4v) is 5.67. The molecular formula is C49H51N3. The average molecular weight is 682 g/mol. The monoisotopic (exact) mass is 681 g/mol. The van der Waals surface area contributed by atoms with Gasteiger partial charge in [-0.2, -0.15) is 0 Å². The summed E-state index contributed by atoms with van der Waals surface area (Å²) in [5.41, 5.74) is 9.42. The SMILES string of the molecule is C=C.C=C/C(C)=C\N=CC.C=CC=C(C)C.CC.c1ccc(-c2ccc3ccc4c(-c5ccc(-c6ccncc6)cc5)ccc5ccc2c3c54)nc1. The van der Waals surface area contributed by atoms with Gasteiger partial charge in [0.15, 0.2) is 0 Å². The van der Waals surface area contributed by atoms with Gasteiger partial charge in [-0.15, -0.1) is 13.2 Å². The van der Waals surface area contributed by atoms with Crippen molar-refractivity contribution < 1.29 is 0 Å². The molecule has 0 spiro atoms. The minimum atomic E-state index is 1.01. The highest BCUT2D eigenvalue weighted by molar-refractivity contribution is 6.27. The van der Waals surface area contributed by atoms with Crippen molar-refractivity contribution in [3.8, 4) is 33.5 Å². The Morgan fingerprint density at radius 1 is 0.615 bits per heavy atom. The van der Waals surface area contributed by atoms with Crippen molar-refractivity contribution in [2.24, 2.45) is 4.99 Å². The lowest BCUT2D eigenvalue weighted by molar-refractivity contribution is 1.33. The molecule has 52 heavy (non-hydrogen) atoms. The Kier molecular flexibility index (Phi) is 16.3. The summed E-state index contributed by atoms with van der Waals surface area (Å²) in [4.78, 5) is 12.6. The highest BCUT2D eigenvalue weighted by Gasteiger charge is 2.15. The van der Waals surface area contributed by atoms with E-state index >= 15 is 0 Å². The van der Waals surface area contributed by atoms with Crippen LogP contribution < -0.4 is 0 Å². The van der Waals surface area contributed by atoms with Crippen molar-refractivity contribution in [3.63, 3.8) is 0 Å². The third-order valence-corrected chi connectivity index (χ3v) is 8.02. The van der Waals surface area contributed by atoms with E-state index in [0.29, 0.717) is 0 Å². The molecule has 0 radical (unpaired) electrons. The maximum Gasteiger partial charge on any atom is 0.0708 e. The van der Waals surface area contributed by atoms with Crippen LogP contribution in [0.1, 0.15) is 41.5 Å². The zero-order chi connectivity index (χ0) is 37.9. The van der Waals surface area contributed by atoms with Gasteiger partial charge in [0, 0.05) is 36.6 Å². The van der Waals surface area contributed by atoms with Crippen LogP contribution in [0, 0.1) is 0 Å². The van der Waals surface area contributed by atoms with Crippen LogP contribution in [0.5, 0.6) is 0 Å². The number of nitrogens with zero attached hydrogens (tertiary/aromatic N) is 3. The average Bonchev–Trinajstić information content (AvgIpc) is 3.21. The van der Waals surface area contributed by atoms with E-state index in [4.69, 9.17) is 0 Å². The molecule has 2 aromatic heterocycles. The molecule has 0 saturated heterocycles. The van der Waals surface area contributed by atoms with Crippen LogP contribution in [-0.2, 0) is 0 Å². The number of hydrogen-bond acceptors (Lipinski definition) is 3. The van der Waals surface area contributed by atoms with E-state index in [1.54, 1.807) is 24.6 Å². The van der Waals surface area contributed by atoms with E-state index < -0.39 is 0 Å². The summed E-state index contributed by atoms with van der Waals surface area (Å²) in [6.07, 6.45) is 14.6. The Labute approximate surface area is 311 Å². The first kappa shape index (κ1) is 40.2. The molecule has 0 saturated carbocycles. The van der Waals surface area contributed by atoms with Crippen molar-refractivity contribution >= 4 is 38.5 Å². The number of aromatic nitrogens is 2. The van der Waals surface area contributed by atoms with Crippen LogP contribution in [0.2, 0.25) is 0 Å². The van der Waals surface area contributed by atoms with Crippen molar-refractivity contribution in [2.45, 2.75) is 41.5 Å². The maximum atomic E-state index is 4.63. The lowest BCUT2D eigenvalue weighted by atomic mass is 9.87. The zero-order valence-electron chi connectivity index (χ0n) is 31.6. The van der Waals surface area contributed by atoms with E-state index in [9.17, 15) is 0 Å². The Bertz CT molecular complexity index is 2240. The predicted molar refractivity (Wildman–Crippen MR) is 232 cm³/mol. The third-order valence-electron chi connectivity index (χ3n) is 8.02. The number of allylic oxidation sites excluding steroid dienone is 5. The third kappa shape index (κ3) is 10.2. The van der Waals surface area contributed by atoms with Gasteiger partial charge in [0.1, 0.15) is 0 Å². The first-order chi connectivity index (χ1) is 25.4. The summed E-state index contributed by atoms with van der Waals surface area (Å²) >= 11 is 0. The smallest absolute Gasteiger partial charge is 0.0708 e. The Hall–Kier alpha value is -6.19. The lowest BCUT2D eigenvalue weighted by Gasteiger charge is -2.16. The van der Waals surface area contributed by atoms with Crippen LogP contribution in [0.25, 0.3) is 65.8 Å². The molecular weight excluding hydrogens is 631 g/mol. The van der Waals surface area contributed by atoms with E-state index in [1.165, 1.54) is 65.7 Å². The molecule has 262 valence electrons. The van der Waals surface area contributed by atoms with Gasteiger partial charge in [-0.25, -0.2) is 0 Å². The number of benzene rings is 5. The lowest BCUT2D eigenvalue weighted by Crippen LogP contribution is -1.90. The minimum Gasteiger partial charge on any atom is -0.269 e. The van der Waals surface area contributed by atoms with Gasteiger partial charge in [0.25, 0.3) is 0 Å². The number of aliphatic imine (C=N–C) groups is 1. The van der Waals surface area contributed by atoms with Gasteiger partial charge < -0.3 is 0 Å². The molecule has 0 aliphatic heterocycles. The molecule has 0 amide bonds. The van der Waals surface area contributed by atoms with Crippen molar-refractivity contribution in [2.75, 3.05) is 0 Å². The van der Waals surface area contributed by atoms with Crippen LogP contribution in [0.4, 0.5) is 0 Å². The quantitative estimate of drug-likeness (QED) is 0.0758. The van der Waals surface area contributed by atoms with Gasteiger partial charge in [0.2, 0.25) is 0 Å².